The largest absolute Gasteiger partial charge is 0.447 e. The molecule has 2 amide bonds. The van der Waals surface area contributed by atoms with E-state index in [1.165, 1.54) is 9.80 Å². The fourth-order valence-corrected chi connectivity index (χ4v) is 2.40. The minimum absolute atomic E-state index is 0.108. The van der Waals surface area contributed by atoms with Gasteiger partial charge in [0, 0.05) is 16.3 Å². The molecule has 1 aromatic rings. The molecule has 0 aromatic heterocycles. The van der Waals surface area contributed by atoms with Crippen molar-refractivity contribution in [1.29, 1.82) is 0 Å². The van der Waals surface area contributed by atoms with Gasteiger partial charge in [0.2, 0.25) is 0 Å². The molecule has 0 aliphatic carbocycles. The van der Waals surface area contributed by atoms with Crippen LogP contribution in [-0.2, 0) is 9.47 Å². The number of amides is 2. The number of cyclic esters (lactones) is 2. The number of rotatable bonds is 4. The van der Waals surface area contributed by atoms with E-state index in [-0.39, 0.29) is 12.6 Å². The number of nitrogens with zero attached hydrogens (tertiary/aromatic N) is 5. The van der Waals surface area contributed by atoms with Crippen LogP contribution in [0.1, 0.15) is 0 Å². The minimum Gasteiger partial charge on any atom is -0.447 e. The third-order valence-corrected chi connectivity index (χ3v) is 3.46. The van der Waals surface area contributed by atoms with Crippen LogP contribution in [0.4, 0.5) is 21.0 Å². The van der Waals surface area contributed by atoms with Gasteiger partial charge in [-0.3, -0.25) is 9.80 Å². The van der Waals surface area contributed by atoms with Gasteiger partial charge in [-0.1, -0.05) is 5.11 Å². The van der Waals surface area contributed by atoms with Gasteiger partial charge in [-0.25, -0.2) is 9.59 Å². The van der Waals surface area contributed by atoms with Crippen LogP contribution in [-0.4, -0.2) is 44.5 Å². The second-order valence-corrected chi connectivity index (χ2v) is 4.81. The van der Waals surface area contributed by atoms with Crippen molar-refractivity contribution in [3.05, 3.63) is 34.7 Å². The maximum absolute atomic E-state index is 11.8. The SMILES string of the molecule is [N-]=[N+]=NCC1CN(c2ccc(N3CCOC3=O)cc2)C(=O)O1. The molecule has 114 valence electrons. The molecule has 9 nitrogen and oxygen atoms in total. The van der Waals surface area contributed by atoms with Gasteiger partial charge >= 0.3 is 12.2 Å². The van der Waals surface area contributed by atoms with Crippen molar-refractivity contribution in [2.45, 2.75) is 6.10 Å². The Morgan fingerprint density at radius 2 is 1.86 bits per heavy atom. The molecule has 0 spiro atoms. The van der Waals surface area contributed by atoms with Crippen molar-refractivity contribution in [3.8, 4) is 0 Å². The van der Waals surface area contributed by atoms with Gasteiger partial charge in [0.1, 0.15) is 12.7 Å². The topological polar surface area (TPSA) is 108 Å². The summed E-state index contributed by atoms with van der Waals surface area (Å²) < 4.78 is 10.00. The van der Waals surface area contributed by atoms with E-state index in [9.17, 15) is 9.59 Å². The second kappa shape index (κ2) is 5.82. The quantitative estimate of drug-likeness (QED) is 0.483. The molecule has 2 saturated heterocycles. The van der Waals surface area contributed by atoms with Gasteiger partial charge < -0.3 is 9.47 Å². The highest BCUT2D eigenvalue weighted by atomic mass is 16.6. The first-order valence-corrected chi connectivity index (χ1v) is 6.72. The summed E-state index contributed by atoms with van der Waals surface area (Å²) in [6, 6.07) is 6.96. The highest BCUT2D eigenvalue weighted by molar-refractivity contribution is 5.92. The highest BCUT2D eigenvalue weighted by Gasteiger charge is 2.32. The zero-order valence-corrected chi connectivity index (χ0v) is 11.6. The standard InChI is InChI=1S/C13H13N5O4/c14-16-15-7-11-8-18(13(20)22-11)10-3-1-9(2-4-10)17-5-6-21-12(17)19/h1-4,11H,5-8H2. The number of hydrogen-bond donors (Lipinski definition) is 0. The van der Waals surface area contributed by atoms with E-state index in [1.807, 2.05) is 0 Å². The maximum atomic E-state index is 11.8. The Morgan fingerprint density at radius 3 is 2.45 bits per heavy atom. The Bertz CT molecular complexity index is 640. The Morgan fingerprint density at radius 1 is 1.18 bits per heavy atom. The summed E-state index contributed by atoms with van der Waals surface area (Å²) in [4.78, 5) is 29.0. The highest BCUT2D eigenvalue weighted by Crippen LogP contribution is 2.26. The lowest BCUT2D eigenvalue weighted by atomic mass is 10.2. The maximum Gasteiger partial charge on any atom is 0.414 e. The molecule has 2 aliphatic heterocycles. The molecule has 2 fully saturated rings. The first kappa shape index (κ1) is 14.0. The summed E-state index contributed by atoms with van der Waals surface area (Å²) in [5.41, 5.74) is 9.66. The van der Waals surface area contributed by atoms with Crippen LogP contribution < -0.4 is 9.80 Å². The van der Waals surface area contributed by atoms with E-state index in [0.717, 1.165) is 0 Å². The van der Waals surface area contributed by atoms with E-state index < -0.39 is 12.2 Å². The molecule has 0 radical (unpaired) electrons. The van der Waals surface area contributed by atoms with E-state index in [0.29, 0.717) is 31.1 Å². The summed E-state index contributed by atoms with van der Waals surface area (Å²) >= 11 is 0. The van der Waals surface area contributed by atoms with Gasteiger partial charge in [-0.15, -0.1) is 0 Å². The fraction of sp³-hybridized carbons (Fsp3) is 0.385. The molecule has 0 N–H and O–H groups in total. The normalized spacial score (nSPS) is 20.6. The van der Waals surface area contributed by atoms with Gasteiger partial charge in [0.25, 0.3) is 0 Å². The molecule has 0 saturated carbocycles. The number of azide groups is 1. The smallest absolute Gasteiger partial charge is 0.414 e. The Balaban J connectivity index is 1.71. The van der Waals surface area contributed by atoms with Gasteiger partial charge in [0.15, 0.2) is 0 Å². The molecule has 3 rings (SSSR count). The molecule has 9 heteroatoms. The lowest BCUT2D eigenvalue weighted by Gasteiger charge is -2.16. The predicted molar refractivity (Wildman–Crippen MR) is 76.8 cm³/mol. The molecule has 22 heavy (non-hydrogen) atoms. The van der Waals surface area contributed by atoms with Crippen molar-refractivity contribution < 1.29 is 19.1 Å². The average Bonchev–Trinajstić information content (AvgIpc) is 3.11. The Labute approximate surface area is 125 Å². The van der Waals surface area contributed by atoms with Crippen LogP contribution >= 0.6 is 0 Å². The third-order valence-electron chi connectivity index (χ3n) is 3.46. The van der Waals surface area contributed by atoms with Crippen LogP contribution in [0.15, 0.2) is 29.4 Å². The van der Waals surface area contributed by atoms with Crippen LogP contribution in [0.3, 0.4) is 0 Å². The molecule has 1 aromatic carbocycles. The van der Waals surface area contributed by atoms with Crippen LogP contribution in [0.5, 0.6) is 0 Å². The number of ether oxygens (including phenoxy) is 2. The van der Waals surface area contributed by atoms with Crippen molar-refractivity contribution in [2.24, 2.45) is 5.11 Å². The van der Waals surface area contributed by atoms with Crippen LogP contribution in [0.2, 0.25) is 0 Å². The Hall–Kier alpha value is -2.93. The Kier molecular flexibility index (Phi) is 3.71. The summed E-state index contributed by atoms with van der Waals surface area (Å²) in [7, 11) is 0. The second-order valence-electron chi connectivity index (χ2n) is 4.81. The van der Waals surface area contributed by atoms with E-state index in [4.69, 9.17) is 15.0 Å². The zero-order valence-electron chi connectivity index (χ0n) is 11.6. The lowest BCUT2D eigenvalue weighted by molar-refractivity contribution is 0.145. The number of carbonyl (C=O) groups excluding carboxylic acids is 2. The molecule has 1 unspecified atom stereocenters. The van der Waals surface area contributed by atoms with Crippen LogP contribution in [0, 0.1) is 0 Å². The summed E-state index contributed by atoms with van der Waals surface area (Å²) in [5, 5.41) is 3.41. The van der Waals surface area contributed by atoms with E-state index in [2.05, 4.69) is 10.0 Å². The average molecular weight is 303 g/mol. The van der Waals surface area contributed by atoms with Gasteiger partial charge in [0.05, 0.1) is 19.6 Å². The van der Waals surface area contributed by atoms with Crippen molar-refractivity contribution in [3.63, 3.8) is 0 Å². The molecule has 2 heterocycles. The minimum atomic E-state index is -0.480. The summed E-state index contributed by atoms with van der Waals surface area (Å²) in [5.74, 6) is 0. The third kappa shape index (κ3) is 2.61. The van der Waals surface area contributed by atoms with Gasteiger partial charge in [-0.2, -0.15) is 0 Å². The van der Waals surface area contributed by atoms with Crippen molar-refractivity contribution in [2.75, 3.05) is 36.0 Å². The fourth-order valence-electron chi connectivity index (χ4n) is 2.40. The molecule has 0 bridgehead atoms. The summed E-state index contributed by atoms with van der Waals surface area (Å²) in [6.45, 7) is 1.32. The number of benzene rings is 1. The summed E-state index contributed by atoms with van der Waals surface area (Å²) in [6.07, 6.45) is -1.30. The monoisotopic (exact) mass is 303 g/mol. The van der Waals surface area contributed by atoms with Crippen LogP contribution in [0.25, 0.3) is 10.4 Å². The molecule has 2 aliphatic rings. The first-order chi connectivity index (χ1) is 10.7. The predicted octanol–water partition coefficient (Wildman–Crippen LogP) is 2.28. The number of hydrogen-bond acceptors (Lipinski definition) is 5. The molecular formula is C13H13N5O4. The zero-order chi connectivity index (χ0) is 15.5. The first-order valence-electron chi connectivity index (χ1n) is 6.72. The van der Waals surface area contributed by atoms with E-state index in [1.54, 1.807) is 24.3 Å². The lowest BCUT2D eigenvalue weighted by Crippen LogP contribution is -2.26. The molecule has 1 atom stereocenters. The molecular weight excluding hydrogens is 290 g/mol. The van der Waals surface area contributed by atoms with E-state index >= 15 is 0 Å². The van der Waals surface area contributed by atoms with Crippen molar-refractivity contribution in [1.82, 2.24) is 0 Å². The van der Waals surface area contributed by atoms with Crippen molar-refractivity contribution >= 4 is 23.6 Å². The number of carbonyl (C=O) groups is 2. The van der Waals surface area contributed by atoms with Gasteiger partial charge in [-0.05, 0) is 29.8 Å². The number of anilines is 2.